The fraction of sp³-hybridized carbons (Fsp3) is 0.400. The number of nitro groups is 1. The Morgan fingerprint density at radius 3 is 2.86 bits per heavy atom. The summed E-state index contributed by atoms with van der Waals surface area (Å²) in [5.74, 6) is 0. The van der Waals surface area contributed by atoms with Gasteiger partial charge in [-0.05, 0) is 20.0 Å². The van der Waals surface area contributed by atoms with Crippen molar-refractivity contribution in [3.8, 4) is 11.3 Å². The molecule has 1 aromatic carbocycles. The van der Waals surface area contributed by atoms with E-state index in [9.17, 15) is 14.9 Å². The Morgan fingerprint density at radius 1 is 1.41 bits per heavy atom. The molecular formula is C15H19N3O3S. The third kappa shape index (κ3) is 4.02. The molecule has 0 aliphatic carbocycles. The zero-order chi connectivity index (χ0) is 16.1. The number of nitrogens with zero attached hydrogens (tertiary/aromatic N) is 2. The van der Waals surface area contributed by atoms with Crippen molar-refractivity contribution in [1.29, 1.82) is 0 Å². The van der Waals surface area contributed by atoms with Crippen LogP contribution in [0.1, 0.15) is 24.6 Å². The topological polar surface area (TPSA) is 79.2 Å². The quantitative estimate of drug-likeness (QED) is 0.627. The summed E-state index contributed by atoms with van der Waals surface area (Å²) < 4.78 is 0. The number of unbranched alkanes of at least 4 members (excludes halogenated alkanes) is 1. The van der Waals surface area contributed by atoms with E-state index in [-0.39, 0.29) is 10.6 Å². The van der Waals surface area contributed by atoms with Gasteiger partial charge in [0.1, 0.15) is 0 Å². The highest BCUT2D eigenvalue weighted by Gasteiger charge is 2.15. The number of H-pyrrole nitrogens is 1. The number of nitrogens with one attached hydrogen (secondary N) is 1. The van der Waals surface area contributed by atoms with Crippen LogP contribution in [0.25, 0.3) is 11.3 Å². The monoisotopic (exact) mass is 321 g/mol. The van der Waals surface area contributed by atoms with Crippen molar-refractivity contribution in [2.75, 3.05) is 13.6 Å². The third-order valence-electron chi connectivity index (χ3n) is 3.37. The first-order chi connectivity index (χ1) is 10.5. The molecule has 0 aliphatic heterocycles. The normalized spacial score (nSPS) is 11.0. The zero-order valence-corrected chi connectivity index (χ0v) is 13.5. The molecule has 0 saturated carbocycles. The molecule has 118 valence electrons. The number of hydrogen-bond acceptors (Lipinski definition) is 5. The van der Waals surface area contributed by atoms with Gasteiger partial charge in [0.25, 0.3) is 5.69 Å². The third-order valence-corrected chi connectivity index (χ3v) is 4.24. The van der Waals surface area contributed by atoms with E-state index in [4.69, 9.17) is 0 Å². The lowest BCUT2D eigenvalue weighted by molar-refractivity contribution is -0.384. The molecule has 6 nitrogen and oxygen atoms in total. The number of non-ortho nitro benzene ring substituents is 1. The Morgan fingerprint density at radius 2 is 2.18 bits per heavy atom. The van der Waals surface area contributed by atoms with Gasteiger partial charge in [-0.2, -0.15) is 0 Å². The van der Waals surface area contributed by atoms with Crippen molar-refractivity contribution in [3.63, 3.8) is 0 Å². The summed E-state index contributed by atoms with van der Waals surface area (Å²) in [7, 11) is 2.01. The van der Waals surface area contributed by atoms with Crippen LogP contribution in [0.15, 0.2) is 29.1 Å². The van der Waals surface area contributed by atoms with E-state index in [1.165, 1.54) is 12.1 Å². The Balaban J connectivity index is 2.30. The summed E-state index contributed by atoms with van der Waals surface area (Å²) in [6.45, 7) is 3.75. The molecule has 1 heterocycles. The van der Waals surface area contributed by atoms with E-state index in [0.29, 0.717) is 17.8 Å². The summed E-state index contributed by atoms with van der Waals surface area (Å²) in [5.41, 5.74) is 1.38. The van der Waals surface area contributed by atoms with Gasteiger partial charge >= 0.3 is 4.87 Å². The van der Waals surface area contributed by atoms with Crippen LogP contribution in [-0.4, -0.2) is 28.4 Å². The minimum atomic E-state index is -0.430. The van der Waals surface area contributed by atoms with Crippen LogP contribution in [-0.2, 0) is 6.54 Å². The van der Waals surface area contributed by atoms with Gasteiger partial charge < -0.3 is 9.88 Å². The minimum absolute atomic E-state index is 0.0230. The summed E-state index contributed by atoms with van der Waals surface area (Å²) in [6, 6.07) is 6.35. The van der Waals surface area contributed by atoms with E-state index < -0.39 is 4.92 Å². The molecule has 0 amide bonds. The molecule has 0 saturated heterocycles. The average molecular weight is 321 g/mol. The Labute approximate surface area is 132 Å². The first kappa shape index (κ1) is 16.4. The lowest BCUT2D eigenvalue weighted by Gasteiger charge is -2.15. The van der Waals surface area contributed by atoms with Crippen molar-refractivity contribution in [2.45, 2.75) is 26.3 Å². The largest absolute Gasteiger partial charge is 0.312 e. The van der Waals surface area contributed by atoms with Crippen molar-refractivity contribution < 1.29 is 4.92 Å². The zero-order valence-electron chi connectivity index (χ0n) is 12.7. The summed E-state index contributed by atoms with van der Waals surface area (Å²) >= 11 is 1.16. The van der Waals surface area contributed by atoms with Gasteiger partial charge in [0.2, 0.25) is 0 Å². The maximum Gasteiger partial charge on any atom is 0.305 e. The fourth-order valence-corrected chi connectivity index (χ4v) is 3.16. The highest BCUT2D eigenvalue weighted by atomic mass is 32.1. The number of aromatic nitrogens is 1. The number of benzene rings is 1. The smallest absolute Gasteiger partial charge is 0.305 e. The van der Waals surface area contributed by atoms with Crippen LogP contribution < -0.4 is 4.87 Å². The van der Waals surface area contributed by atoms with E-state index in [1.54, 1.807) is 12.1 Å². The molecular weight excluding hydrogens is 302 g/mol. The second-order valence-corrected chi connectivity index (χ2v) is 6.28. The Bertz CT molecular complexity index is 708. The van der Waals surface area contributed by atoms with E-state index in [2.05, 4.69) is 16.8 Å². The highest BCUT2D eigenvalue weighted by Crippen LogP contribution is 2.27. The first-order valence-corrected chi connectivity index (χ1v) is 7.98. The molecule has 0 unspecified atom stereocenters. The molecule has 0 spiro atoms. The standard InChI is InChI=1S/C15H19N3O3S/c1-3-4-8-17(2)10-13-14(16-15(19)22-13)11-6-5-7-12(9-11)18(20)21/h5-7,9H,3-4,8,10H2,1-2H3,(H,16,19). The maximum atomic E-state index is 11.7. The van der Waals surface area contributed by atoms with Crippen molar-refractivity contribution in [3.05, 3.63) is 48.9 Å². The minimum Gasteiger partial charge on any atom is -0.312 e. The summed E-state index contributed by atoms with van der Waals surface area (Å²) in [5, 5.41) is 10.9. The van der Waals surface area contributed by atoms with Gasteiger partial charge in [-0.3, -0.25) is 14.9 Å². The van der Waals surface area contributed by atoms with E-state index in [1.807, 2.05) is 7.05 Å². The van der Waals surface area contributed by atoms with Crippen LogP contribution in [0, 0.1) is 10.1 Å². The van der Waals surface area contributed by atoms with Crippen LogP contribution >= 0.6 is 11.3 Å². The second-order valence-electron chi connectivity index (χ2n) is 5.21. The SMILES string of the molecule is CCCCN(C)Cc1sc(=O)[nH]c1-c1cccc([N+](=O)[O-])c1. The summed E-state index contributed by atoms with van der Waals surface area (Å²) in [4.78, 5) is 27.9. The van der Waals surface area contributed by atoms with Crippen LogP contribution in [0.3, 0.4) is 0 Å². The van der Waals surface area contributed by atoms with Crippen LogP contribution in [0.2, 0.25) is 0 Å². The number of rotatable bonds is 7. The van der Waals surface area contributed by atoms with Gasteiger partial charge in [-0.1, -0.05) is 36.8 Å². The fourth-order valence-electron chi connectivity index (χ4n) is 2.23. The Hall–Kier alpha value is -1.99. The summed E-state index contributed by atoms with van der Waals surface area (Å²) in [6.07, 6.45) is 2.22. The lowest BCUT2D eigenvalue weighted by atomic mass is 10.1. The molecule has 22 heavy (non-hydrogen) atoms. The highest BCUT2D eigenvalue weighted by molar-refractivity contribution is 7.09. The number of thiazole rings is 1. The molecule has 0 bridgehead atoms. The van der Waals surface area contributed by atoms with E-state index >= 15 is 0 Å². The van der Waals surface area contributed by atoms with Gasteiger partial charge in [-0.25, -0.2) is 0 Å². The second kappa shape index (κ2) is 7.33. The lowest BCUT2D eigenvalue weighted by Crippen LogP contribution is -2.18. The van der Waals surface area contributed by atoms with Crippen LogP contribution in [0.5, 0.6) is 0 Å². The molecule has 0 aliphatic rings. The van der Waals surface area contributed by atoms with Crippen molar-refractivity contribution in [1.82, 2.24) is 9.88 Å². The van der Waals surface area contributed by atoms with Crippen molar-refractivity contribution >= 4 is 17.0 Å². The first-order valence-electron chi connectivity index (χ1n) is 7.16. The molecule has 2 rings (SSSR count). The molecule has 0 radical (unpaired) electrons. The van der Waals surface area contributed by atoms with Gasteiger partial charge in [0.05, 0.1) is 10.6 Å². The molecule has 0 fully saturated rings. The number of aromatic amines is 1. The molecule has 0 atom stereocenters. The predicted octanol–water partition coefficient (Wildman–Crippen LogP) is 3.24. The van der Waals surface area contributed by atoms with Crippen LogP contribution in [0.4, 0.5) is 5.69 Å². The van der Waals surface area contributed by atoms with Gasteiger partial charge in [0.15, 0.2) is 0 Å². The molecule has 1 aromatic heterocycles. The molecule has 1 N–H and O–H groups in total. The Kier molecular flexibility index (Phi) is 5.46. The van der Waals surface area contributed by atoms with E-state index in [0.717, 1.165) is 35.6 Å². The number of hydrogen-bond donors (Lipinski definition) is 1. The molecule has 2 aromatic rings. The predicted molar refractivity (Wildman–Crippen MR) is 88.3 cm³/mol. The van der Waals surface area contributed by atoms with Crippen molar-refractivity contribution in [2.24, 2.45) is 0 Å². The average Bonchev–Trinajstić information content (AvgIpc) is 2.85. The maximum absolute atomic E-state index is 11.7. The molecule has 7 heteroatoms. The van der Waals surface area contributed by atoms with Gasteiger partial charge in [0, 0.05) is 29.1 Å². The van der Waals surface area contributed by atoms with Gasteiger partial charge in [-0.15, -0.1) is 0 Å². The number of nitro benzene ring substituents is 1.